The van der Waals surface area contributed by atoms with E-state index in [-0.39, 0.29) is 39.1 Å². The van der Waals surface area contributed by atoms with E-state index in [4.69, 9.17) is 0 Å². The van der Waals surface area contributed by atoms with Crippen LogP contribution >= 0.6 is 0 Å². The summed E-state index contributed by atoms with van der Waals surface area (Å²) >= 11 is 0. The number of hydrogen-bond acceptors (Lipinski definition) is 0. The zero-order valence-electron chi connectivity index (χ0n) is 6.86. The quantitative estimate of drug-likeness (QED) is 0.301. The van der Waals surface area contributed by atoms with Crippen LogP contribution in [-0.2, 0) is 0 Å². The molecule has 1 nitrogen and oxygen atoms in total. The van der Waals surface area contributed by atoms with Crippen LogP contribution in [0, 0.1) is 0 Å². The van der Waals surface area contributed by atoms with Gasteiger partial charge >= 0.3 is 37.7 Å². The summed E-state index contributed by atoms with van der Waals surface area (Å²) in [4.78, 5) is 0. The molecule has 0 amide bonds. The van der Waals surface area contributed by atoms with Crippen molar-refractivity contribution in [1.29, 1.82) is 0 Å². The van der Waals surface area contributed by atoms with Gasteiger partial charge < -0.3 is 6.74 Å². The molecule has 0 spiro atoms. The summed E-state index contributed by atoms with van der Waals surface area (Å²) in [6, 6.07) is 0. The van der Waals surface area contributed by atoms with Gasteiger partial charge in [0.15, 0.2) is 0 Å². The van der Waals surface area contributed by atoms with Crippen molar-refractivity contribution in [2.24, 2.45) is 0 Å². The van der Waals surface area contributed by atoms with E-state index < -0.39 is 0 Å². The van der Waals surface area contributed by atoms with E-state index in [0.29, 0.717) is 0 Å². The predicted octanol–water partition coefficient (Wildman–Crippen LogP) is -4.48. The first-order valence-electron chi connectivity index (χ1n) is 2.05. The van der Waals surface area contributed by atoms with E-state index in [0.717, 1.165) is 13.1 Å². The average Bonchev–Trinajstić information content (AvgIpc) is 1.41. The molecule has 0 bridgehead atoms. The van der Waals surface area contributed by atoms with Gasteiger partial charge in [0, 0.05) is 0 Å². The minimum Gasteiger partial charge on any atom is -1.00 e. The smallest absolute Gasteiger partial charge is 1.00 e. The third-order valence-corrected chi connectivity index (χ3v) is 0.447. The van der Waals surface area contributed by atoms with Gasteiger partial charge in [-0.05, 0) is 0 Å². The SMILES string of the molecule is CC[N-]CC.[H-].[Li+].[Li+]. The molecular weight excluding hydrogens is 75.9 g/mol. The molecule has 0 radical (unpaired) electrons. The first kappa shape index (κ1) is 15.7. The molecule has 34 valence electrons. The third-order valence-electron chi connectivity index (χ3n) is 0.447. The van der Waals surface area contributed by atoms with E-state index in [1.54, 1.807) is 0 Å². The monoisotopic (exact) mass is 87.1 g/mol. The van der Waals surface area contributed by atoms with Gasteiger partial charge in [-0.25, -0.2) is 0 Å². The van der Waals surface area contributed by atoms with E-state index >= 15 is 0 Å². The van der Waals surface area contributed by atoms with Crippen molar-refractivity contribution in [1.82, 2.24) is 0 Å². The van der Waals surface area contributed by atoms with Gasteiger partial charge in [-0.15, -0.1) is 0 Å². The largest absolute Gasteiger partial charge is 1.00 e. The summed E-state index contributed by atoms with van der Waals surface area (Å²) in [5.41, 5.74) is 0. The minimum absolute atomic E-state index is 0. The van der Waals surface area contributed by atoms with E-state index in [1.165, 1.54) is 0 Å². The molecule has 0 unspecified atom stereocenters. The van der Waals surface area contributed by atoms with Gasteiger partial charge in [0.05, 0.1) is 0 Å². The van der Waals surface area contributed by atoms with Crippen molar-refractivity contribution in [3.8, 4) is 0 Å². The molecule has 0 saturated carbocycles. The second-order valence-corrected chi connectivity index (χ2v) is 0.856. The summed E-state index contributed by atoms with van der Waals surface area (Å²) < 4.78 is 0. The molecule has 0 aromatic carbocycles. The topological polar surface area (TPSA) is 14.1 Å². The second-order valence-electron chi connectivity index (χ2n) is 0.856. The van der Waals surface area contributed by atoms with Crippen LogP contribution in [0.2, 0.25) is 0 Å². The maximum absolute atomic E-state index is 3.97. The van der Waals surface area contributed by atoms with Crippen LogP contribution < -0.4 is 37.7 Å². The predicted molar refractivity (Wildman–Crippen MR) is 25.6 cm³/mol. The summed E-state index contributed by atoms with van der Waals surface area (Å²) in [6.45, 7) is 6.03. The van der Waals surface area contributed by atoms with E-state index in [1.807, 2.05) is 13.8 Å². The van der Waals surface area contributed by atoms with Gasteiger partial charge in [-0.3, -0.25) is 0 Å². The standard InChI is InChI=1S/C4H10N.2Li.H/c1-3-5-4-2;;;/h3-4H2,1-2H3;;;/q-1;2*+1;-1. The molecule has 0 aliphatic heterocycles. The molecule has 0 aliphatic carbocycles. The Morgan fingerprint density at radius 3 is 1.43 bits per heavy atom. The maximum atomic E-state index is 3.97. The van der Waals surface area contributed by atoms with Gasteiger partial charge in [0.2, 0.25) is 0 Å². The summed E-state index contributed by atoms with van der Waals surface area (Å²) in [7, 11) is 0. The Labute approximate surface area is 71.5 Å². The first-order valence-corrected chi connectivity index (χ1v) is 2.05. The summed E-state index contributed by atoms with van der Waals surface area (Å²) in [6.07, 6.45) is 0. The van der Waals surface area contributed by atoms with Crippen LogP contribution in [0.4, 0.5) is 0 Å². The third kappa shape index (κ3) is 19.1. The molecule has 0 aromatic rings. The molecule has 0 atom stereocenters. The van der Waals surface area contributed by atoms with E-state index in [9.17, 15) is 0 Å². The molecule has 7 heavy (non-hydrogen) atoms. The second kappa shape index (κ2) is 15.7. The molecule has 0 aromatic heterocycles. The molecule has 0 heterocycles. The fourth-order valence-electron chi connectivity index (χ4n) is 0.224. The van der Waals surface area contributed by atoms with Crippen LogP contribution in [-0.4, -0.2) is 13.1 Å². The van der Waals surface area contributed by atoms with Crippen LogP contribution in [0.5, 0.6) is 0 Å². The van der Waals surface area contributed by atoms with Gasteiger partial charge in [0.1, 0.15) is 0 Å². The molecule has 0 rings (SSSR count). The van der Waals surface area contributed by atoms with Crippen LogP contribution in [0.1, 0.15) is 15.3 Å². The number of nitrogens with zero attached hydrogens (tertiary/aromatic N) is 1. The maximum Gasteiger partial charge on any atom is 1.00 e. The average molecular weight is 87.0 g/mol. The Hall–Kier alpha value is 1.15. The molecule has 0 aliphatic rings. The van der Waals surface area contributed by atoms with Gasteiger partial charge in [-0.2, -0.15) is 13.1 Å². The Kier molecular flexibility index (Phi) is 35.2. The Morgan fingerprint density at radius 2 is 1.43 bits per heavy atom. The first-order chi connectivity index (χ1) is 2.41. The van der Waals surface area contributed by atoms with Crippen LogP contribution in [0.3, 0.4) is 0 Å². The fourth-order valence-corrected chi connectivity index (χ4v) is 0.224. The Balaban J connectivity index is -0.0000000267. The van der Waals surface area contributed by atoms with Crippen molar-refractivity contribution in [3.63, 3.8) is 0 Å². The number of hydrogen-bond donors (Lipinski definition) is 0. The molecule has 0 N–H and O–H groups in total. The van der Waals surface area contributed by atoms with Crippen molar-refractivity contribution in [2.45, 2.75) is 13.8 Å². The Morgan fingerprint density at radius 1 is 1.14 bits per heavy atom. The number of rotatable bonds is 2. The van der Waals surface area contributed by atoms with E-state index in [2.05, 4.69) is 5.32 Å². The molecule has 0 saturated heterocycles. The van der Waals surface area contributed by atoms with Gasteiger partial charge in [0.25, 0.3) is 0 Å². The zero-order valence-corrected chi connectivity index (χ0v) is 5.86. The van der Waals surface area contributed by atoms with Crippen LogP contribution in [0.15, 0.2) is 0 Å². The summed E-state index contributed by atoms with van der Waals surface area (Å²) in [5.74, 6) is 0. The normalized spacial score (nSPS) is 6.00. The molecular formula is C4H11Li2N. The molecule has 3 heteroatoms. The van der Waals surface area contributed by atoms with Crippen molar-refractivity contribution in [3.05, 3.63) is 5.32 Å². The van der Waals surface area contributed by atoms with Crippen molar-refractivity contribution < 1.29 is 39.1 Å². The Bertz CT molecular complexity index is 21.5. The minimum atomic E-state index is 0. The molecule has 0 fully saturated rings. The van der Waals surface area contributed by atoms with Gasteiger partial charge in [-0.1, -0.05) is 13.8 Å². The van der Waals surface area contributed by atoms with Crippen LogP contribution in [0.25, 0.3) is 5.32 Å². The van der Waals surface area contributed by atoms with Crippen molar-refractivity contribution >= 4 is 0 Å². The summed E-state index contributed by atoms with van der Waals surface area (Å²) in [5, 5.41) is 3.97. The van der Waals surface area contributed by atoms with Crippen molar-refractivity contribution in [2.75, 3.05) is 13.1 Å². The zero-order chi connectivity index (χ0) is 4.12. The fraction of sp³-hybridized carbons (Fsp3) is 1.00.